The third-order valence-corrected chi connectivity index (χ3v) is 12.7. The molecule has 0 heterocycles. The quantitative estimate of drug-likeness (QED) is 0.0682. The zero-order valence-electron chi connectivity index (χ0n) is 35.8. The molecule has 6 aromatic carbocycles. The van der Waals surface area contributed by atoms with Crippen LogP contribution in [0.15, 0.2) is 155 Å². The van der Waals surface area contributed by atoms with E-state index in [9.17, 15) is 21.9 Å². The Morgan fingerprint density at radius 2 is 0.810 bits per heavy atom. The molecule has 0 aliphatic heterocycles. The number of aliphatic hydroxyl groups is 2. The fourth-order valence-electron chi connectivity index (χ4n) is 6.05. The lowest BCUT2D eigenvalue weighted by atomic mass is 10.2. The van der Waals surface area contributed by atoms with Crippen molar-refractivity contribution in [1.82, 2.24) is 9.62 Å². The number of nitrogens with zero attached hydrogens (tertiary/aromatic N) is 1. The van der Waals surface area contributed by atoms with Gasteiger partial charge in [0.2, 0.25) is 10.0 Å². The molecule has 0 aromatic heterocycles. The van der Waals surface area contributed by atoms with E-state index >= 15 is 0 Å². The Morgan fingerprint density at radius 1 is 0.476 bits per heavy atom. The van der Waals surface area contributed by atoms with Crippen LogP contribution in [0, 0.1) is 0 Å². The molecular weight excluding hydrogens is 864 g/mol. The molecule has 0 amide bonds. The van der Waals surface area contributed by atoms with Crippen molar-refractivity contribution in [3.05, 3.63) is 179 Å². The highest BCUT2D eigenvalue weighted by Gasteiger charge is 2.25. The van der Waals surface area contributed by atoms with Crippen molar-refractivity contribution in [3.8, 4) is 23.0 Å². The van der Waals surface area contributed by atoms with E-state index < -0.39 is 19.1 Å². The summed E-state index contributed by atoms with van der Waals surface area (Å²) in [5.41, 5.74) is 5.72. The van der Waals surface area contributed by atoms with Crippen LogP contribution in [0.5, 0.6) is 23.0 Å². The molecule has 0 atom stereocenters. The Morgan fingerprint density at radius 3 is 1.14 bits per heavy atom. The molecule has 0 aliphatic carbocycles. The van der Waals surface area contributed by atoms with Crippen LogP contribution in [0.25, 0.3) is 0 Å². The van der Waals surface area contributed by atoms with Gasteiger partial charge in [0, 0.05) is 50.1 Å². The summed E-state index contributed by atoms with van der Waals surface area (Å²) >= 11 is 0. The zero-order chi connectivity index (χ0) is 45.7. The number of benzene rings is 6. The number of ether oxygens (including phenoxy) is 4. The normalized spacial score (nSPS) is 11.1. The molecule has 12 nitrogen and oxygen atoms in total. The summed E-state index contributed by atoms with van der Waals surface area (Å²) in [5, 5.41) is 21.3. The number of halogens is 1. The fraction of sp³-hybridized carbons (Fsp3) is 0.250. The SMILES string of the molecule is COc1ccc(CN(Cc2ccc(OC)cc2)S(=O)(=O)c2cccc(CCO)c2)cc1.COc1ccc(CNCc2ccc(OC)cc2)cc1.O=S(=O)(Cl)c1cccc(CCO)c1. The van der Waals surface area contributed by atoms with Gasteiger partial charge in [-0.25, -0.2) is 16.8 Å². The van der Waals surface area contributed by atoms with E-state index in [0.717, 1.165) is 46.8 Å². The van der Waals surface area contributed by atoms with E-state index in [2.05, 4.69) is 29.6 Å². The summed E-state index contributed by atoms with van der Waals surface area (Å²) in [5.74, 6) is 3.20. The van der Waals surface area contributed by atoms with Crippen LogP contribution in [-0.4, -0.2) is 73.0 Å². The van der Waals surface area contributed by atoms with Gasteiger partial charge in [-0.05, 0) is 119 Å². The molecule has 336 valence electrons. The molecule has 0 saturated carbocycles. The smallest absolute Gasteiger partial charge is 0.261 e. The third-order valence-electron chi connectivity index (χ3n) is 9.53. The van der Waals surface area contributed by atoms with Crippen LogP contribution in [0.3, 0.4) is 0 Å². The van der Waals surface area contributed by atoms with E-state index in [4.69, 9.17) is 34.7 Å². The van der Waals surface area contributed by atoms with Gasteiger partial charge in [0.25, 0.3) is 9.05 Å². The van der Waals surface area contributed by atoms with Crippen molar-refractivity contribution in [1.29, 1.82) is 0 Å². The van der Waals surface area contributed by atoms with Crippen molar-refractivity contribution >= 4 is 29.8 Å². The summed E-state index contributed by atoms with van der Waals surface area (Å²) in [4.78, 5) is 0.278. The summed E-state index contributed by atoms with van der Waals surface area (Å²) in [7, 11) is 4.25. The molecule has 0 radical (unpaired) electrons. The predicted octanol–water partition coefficient (Wildman–Crippen LogP) is 7.77. The lowest BCUT2D eigenvalue weighted by molar-refractivity contribution is 0.299. The van der Waals surface area contributed by atoms with Crippen molar-refractivity contribution in [2.75, 3.05) is 41.7 Å². The topological polar surface area (TPSA) is 161 Å². The van der Waals surface area contributed by atoms with E-state index in [-0.39, 0.29) is 36.1 Å². The average molecular weight is 920 g/mol. The minimum absolute atomic E-state index is 0.00815. The number of nitrogens with one attached hydrogen (secondary N) is 1. The molecular formula is C48H55ClN2O10S2. The second-order valence-corrected chi connectivity index (χ2v) is 18.5. The van der Waals surface area contributed by atoms with Crippen molar-refractivity contribution in [2.45, 2.75) is 48.8 Å². The highest BCUT2D eigenvalue weighted by molar-refractivity contribution is 8.13. The summed E-state index contributed by atoms with van der Waals surface area (Å²) in [6, 6.07) is 43.8. The van der Waals surface area contributed by atoms with Gasteiger partial charge in [-0.15, -0.1) is 0 Å². The van der Waals surface area contributed by atoms with Crippen LogP contribution >= 0.6 is 10.7 Å². The highest BCUT2D eigenvalue weighted by atomic mass is 35.7. The van der Waals surface area contributed by atoms with Gasteiger partial charge in [0.05, 0.1) is 38.2 Å². The lowest BCUT2D eigenvalue weighted by Crippen LogP contribution is -2.30. The summed E-state index contributed by atoms with van der Waals surface area (Å²) < 4.78 is 71.0. The molecule has 0 aliphatic rings. The van der Waals surface area contributed by atoms with Crippen LogP contribution in [-0.2, 0) is 58.1 Å². The Labute approximate surface area is 376 Å². The van der Waals surface area contributed by atoms with E-state index in [1.54, 1.807) is 58.8 Å². The van der Waals surface area contributed by atoms with Gasteiger partial charge in [-0.1, -0.05) is 72.8 Å². The fourth-order valence-corrected chi connectivity index (χ4v) is 8.36. The maximum Gasteiger partial charge on any atom is 0.261 e. The molecule has 6 aromatic rings. The van der Waals surface area contributed by atoms with Gasteiger partial charge in [-0.3, -0.25) is 0 Å². The first kappa shape index (κ1) is 50.2. The van der Waals surface area contributed by atoms with Gasteiger partial charge in [0.15, 0.2) is 0 Å². The second-order valence-electron chi connectivity index (χ2n) is 13.9. The van der Waals surface area contributed by atoms with Crippen molar-refractivity contribution in [3.63, 3.8) is 0 Å². The first-order valence-corrected chi connectivity index (χ1v) is 23.6. The number of methoxy groups -OCH3 is 4. The van der Waals surface area contributed by atoms with E-state index in [1.165, 1.54) is 27.6 Å². The van der Waals surface area contributed by atoms with Gasteiger partial charge >= 0.3 is 0 Å². The monoisotopic (exact) mass is 918 g/mol. The number of rotatable bonds is 19. The second kappa shape index (κ2) is 25.6. The maximum atomic E-state index is 13.6. The predicted molar refractivity (Wildman–Crippen MR) is 246 cm³/mol. The largest absolute Gasteiger partial charge is 0.497 e. The zero-order valence-corrected chi connectivity index (χ0v) is 38.2. The van der Waals surface area contributed by atoms with E-state index in [1.807, 2.05) is 78.9 Å². The molecule has 15 heteroatoms. The first-order valence-electron chi connectivity index (χ1n) is 19.9. The Balaban J connectivity index is 0.000000230. The molecule has 63 heavy (non-hydrogen) atoms. The Bertz CT molecular complexity index is 2390. The van der Waals surface area contributed by atoms with Crippen LogP contribution in [0.2, 0.25) is 0 Å². The molecule has 0 unspecified atom stereocenters. The lowest BCUT2D eigenvalue weighted by Gasteiger charge is -2.23. The van der Waals surface area contributed by atoms with Gasteiger partial charge in [0.1, 0.15) is 23.0 Å². The van der Waals surface area contributed by atoms with Gasteiger partial charge in [-0.2, -0.15) is 4.31 Å². The Hall–Kier alpha value is -5.45. The average Bonchev–Trinajstić information content (AvgIpc) is 3.30. The number of aliphatic hydroxyl groups excluding tert-OH is 2. The molecule has 3 N–H and O–H groups in total. The summed E-state index contributed by atoms with van der Waals surface area (Å²) in [6.45, 7) is 2.06. The van der Waals surface area contributed by atoms with Crippen LogP contribution in [0.4, 0.5) is 0 Å². The summed E-state index contributed by atoms with van der Waals surface area (Å²) in [6.07, 6.45) is 0.834. The number of sulfonamides is 1. The van der Waals surface area contributed by atoms with Gasteiger partial charge < -0.3 is 34.5 Å². The van der Waals surface area contributed by atoms with Crippen LogP contribution < -0.4 is 24.3 Å². The maximum absolute atomic E-state index is 13.6. The van der Waals surface area contributed by atoms with Crippen molar-refractivity contribution in [2.24, 2.45) is 0 Å². The Kier molecular flexibility index (Phi) is 20.4. The highest BCUT2D eigenvalue weighted by Crippen LogP contribution is 2.25. The number of hydrogen-bond donors (Lipinski definition) is 3. The van der Waals surface area contributed by atoms with E-state index in [0.29, 0.717) is 24.3 Å². The first-order chi connectivity index (χ1) is 30.3. The van der Waals surface area contributed by atoms with Crippen molar-refractivity contribution < 1.29 is 46.0 Å². The molecule has 0 spiro atoms. The molecule has 0 fully saturated rings. The molecule has 0 bridgehead atoms. The van der Waals surface area contributed by atoms with Crippen LogP contribution in [0.1, 0.15) is 33.4 Å². The third kappa shape index (κ3) is 16.6. The standard InChI is InChI=1S/C24H27NO5S.C16H19NO2.C8H9ClO3S/c1-29-22-10-6-20(7-11-22)17-25(18-21-8-12-23(30-2)13-9-21)31(27,28)24-5-3-4-19(16-24)14-15-26;1-18-15-7-3-13(4-8-15)11-17-12-14-5-9-16(19-2)10-6-14;9-13(11,12)8-3-1-2-7(6-8)4-5-10/h3-13,16,26H,14-15,17-18H2,1-2H3;3-10,17H,11-12H2,1-2H3;1-3,6,10H,4-5H2. The molecule has 6 rings (SSSR count). The minimum atomic E-state index is -3.78. The minimum Gasteiger partial charge on any atom is -0.497 e. The molecule has 0 saturated heterocycles. The number of hydrogen-bond acceptors (Lipinski definition) is 11.